The molecule has 2 fully saturated rings. The molecular weight excluding hydrogens is 346 g/mol. The van der Waals surface area contributed by atoms with Crippen LogP contribution in [0, 0.1) is 19.3 Å². The largest absolute Gasteiger partial charge is 0.381 e. The van der Waals surface area contributed by atoms with Crippen LogP contribution in [0.15, 0.2) is 17.0 Å². The summed E-state index contributed by atoms with van der Waals surface area (Å²) in [6, 6.07) is 3.45. The summed E-state index contributed by atoms with van der Waals surface area (Å²) in [5.41, 5.74) is 1.48. The molecule has 1 aromatic rings. The van der Waals surface area contributed by atoms with Crippen LogP contribution in [-0.4, -0.2) is 39.0 Å². The van der Waals surface area contributed by atoms with Gasteiger partial charge in [0.1, 0.15) is 0 Å². The predicted octanol–water partition coefficient (Wildman–Crippen LogP) is 3.93. The number of aryl methyl sites for hydroxylation is 2. The van der Waals surface area contributed by atoms with Crippen LogP contribution >= 0.6 is 11.6 Å². The maximum Gasteiger partial charge on any atom is 0.243 e. The van der Waals surface area contributed by atoms with Gasteiger partial charge >= 0.3 is 0 Å². The SMILES string of the molecule is CO[C@@H]1CCC[C@@]12CCCN(S(=O)(=O)c1cc(C)c(Cl)cc1C)C2. The number of methoxy groups -OCH3 is 1. The van der Waals surface area contributed by atoms with E-state index in [-0.39, 0.29) is 11.5 Å². The van der Waals surface area contributed by atoms with Gasteiger partial charge in [-0.15, -0.1) is 0 Å². The zero-order valence-electron chi connectivity index (χ0n) is 14.6. The molecule has 3 rings (SSSR count). The molecule has 0 unspecified atom stereocenters. The summed E-state index contributed by atoms with van der Waals surface area (Å²) in [6.07, 6.45) is 5.31. The lowest BCUT2D eigenvalue weighted by atomic mass is 9.77. The van der Waals surface area contributed by atoms with Crippen molar-refractivity contribution in [3.63, 3.8) is 0 Å². The summed E-state index contributed by atoms with van der Waals surface area (Å²) in [6.45, 7) is 4.80. The molecule has 6 heteroatoms. The maximum absolute atomic E-state index is 13.2. The number of halogens is 1. The van der Waals surface area contributed by atoms with Gasteiger partial charge in [0.05, 0.1) is 11.0 Å². The zero-order valence-corrected chi connectivity index (χ0v) is 16.2. The Bertz CT molecular complexity index is 734. The minimum absolute atomic E-state index is 0.0184. The third-order valence-corrected chi connectivity index (χ3v) is 8.15. The van der Waals surface area contributed by atoms with Crippen LogP contribution < -0.4 is 0 Å². The average Bonchev–Trinajstić information content (AvgIpc) is 2.92. The normalized spacial score (nSPS) is 28.6. The van der Waals surface area contributed by atoms with Gasteiger partial charge in [-0.25, -0.2) is 8.42 Å². The summed E-state index contributed by atoms with van der Waals surface area (Å²) in [5, 5.41) is 0.608. The monoisotopic (exact) mass is 371 g/mol. The molecule has 1 aromatic carbocycles. The Kier molecular flexibility index (Phi) is 5.00. The Hall–Kier alpha value is -0.620. The second-order valence-corrected chi connectivity index (χ2v) is 9.60. The van der Waals surface area contributed by atoms with Crippen molar-refractivity contribution in [2.24, 2.45) is 5.41 Å². The van der Waals surface area contributed by atoms with Crippen molar-refractivity contribution in [3.05, 3.63) is 28.3 Å². The topological polar surface area (TPSA) is 46.6 Å². The van der Waals surface area contributed by atoms with Crippen LogP contribution in [0.3, 0.4) is 0 Å². The highest BCUT2D eigenvalue weighted by Gasteiger charge is 2.48. The highest BCUT2D eigenvalue weighted by atomic mass is 35.5. The second-order valence-electron chi connectivity index (χ2n) is 7.29. The molecular formula is C18H26ClNO3S. The number of sulfonamides is 1. The molecule has 0 N–H and O–H groups in total. The number of hydrogen-bond donors (Lipinski definition) is 0. The average molecular weight is 372 g/mol. The fourth-order valence-electron chi connectivity index (χ4n) is 4.43. The molecule has 1 aliphatic heterocycles. The lowest BCUT2D eigenvalue weighted by Gasteiger charge is -2.43. The van der Waals surface area contributed by atoms with Crippen LogP contribution in [0.5, 0.6) is 0 Å². The number of ether oxygens (including phenoxy) is 1. The van der Waals surface area contributed by atoms with Crippen LogP contribution in [0.4, 0.5) is 0 Å². The van der Waals surface area contributed by atoms with Gasteiger partial charge in [0.2, 0.25) is 10.0 Å². The van der Waals surface area contributed by atoms with Crippen LogP contribution in [-0.2, 0) is 14.8 Å². The molecule has 1 saturated carbocycles. The van der Waals surface area contributed by atoms with Crippen LogP contribution in [0.25, 0.3) is 0 Å². The lowest BCUT2D eigenvalue weighted by molar-refractivity contribution is -0.0184. The van der Waals surface area contributed by atoms with Gasteiger partial charge < -0.3 is 4.74 Å². The highest BCUT2D eigenvalue weighted by Crippen LogP contribution is 2.47. The summed E-state index contributed by atoms with van der Waals surface area (Å²) in [5.74, 6) is 0. The third-order valence-electron chi connectivity index (χ3n) is 5.76. The Labute approximate surface area is 150 Å². The fourth-order valence-corrected chi connectivity index (χ4v) is 6.52. The zero-order chi connectivity index (χ0) is 17.5. The minimum atomic E-state index is -3.51. The molecule has 2 atom stereocenters. The van der Waals surface area contributed by atoms with Crippen LogP contribution in [0.2, 0.25) is 5.02 Å². The molecule has 0 aromatic heterocycles. The van der Waals surface area contributed by atoms with Crippen LogP contribution in [0.1, 0.15) is 43.2 Å². The molecule has 2 aliphatic rings. The first kappa shape index (κ1) is 18.2. The maximum atomic E-state index is 13.2. The molecule has 1 heterocycles. The quantitative estimate of drug-likeness (QED) is 0.808. The smallest absolute Gasteiger partial charge is 0.243 e. The van der Waals surface area contributed by atoms with E-state index in [9.17, 15) is 8.42 Å². The molecule has 1 spiro atoms. The summed E-state index contributed by atoms with van der Waals surface area (Å²) in [7, 11) is -1.76. The van der Waals surface area contributed by atoms with E-state index in [1.165, 1.54) is 0 Å². The van der Waals surface area contributed by atoms with Crippen molar-refractivity contribution in [2.45, 2.75) is 57.0 Å². The van der Waals surface area contributed by atoms with Gasteiger partial charge in [-0.05, 0) is 62.8 Å². The predicted molar refractivity (Wildman–Crippen MR) is 96.0 cm³/mol. The van der Waals surface area contributed by atoms with E-state index in [1.54, 1.807) is 23.5 Å². The number of nitrogens with zero attached hydrogens (tertiary/aromatic N) is 1. The first-order chi connectivity index (χ1) is 11.3. The molecule has 4 nitrogen and oxygen atoms in total. The number of benzene rings is 1. The molecule has 0 amide bonds. The first-order valence-corrected chi connectivity index (χ1v) is 10.4. The molecule has 0 bridgehead atoms. The number of hydrogen-bond acceptors (Lipinski definition) is 3. The van der Waals surface area contributed by atoms with Crippen molar-refractivity contribution in [3.8, 4) is 0 Å². The fraction of sp³-hybridized carbons (Fsp3) is 0.667. The van der Waals surface area contributed by atoms with Gasteiger partial charge in [-0.1, -0.05) is 18.0 Å². The molecule has 1 aliphatic carbocycles. The van der Waals surface area contributed by atoms with Gasteiger partial charge in [-0.3, -0.25) is 0 Å². The molecule has 1 saturated heterocycles. The highest BCUT2D eigenvalue weighted by molar-refractivity contribution is 7.89. The Morgan fingerprint density at radius 3 is 2.62 bits per heavy atom. The van der Waals surface area contributed by atoms with E-state index in [0.717, 1.165) is 37.7 Å². The first-order valence-electron chi connectivity index (χ1n) is 8.60. The van der Waals surface area contributed by atoms with E-state index < -0.39 is 10.0 Å². The van der Waals surface area contributed by atoms with E-state index in [0.29, 0.717) is 28.6 Å². The van der Waals surface area contributed by atoms with Crippen molar-refractivity contribution >= 4 is 21.6 Å². The Morgan fingerprint density at radius 2 is 1.92 bits per heavy atom. The molecule has 0 radical (unpaired) electrons. The minimum Gasteiger partial charge on any atom is -0.381 e. The third kappa shape index (κ3) is 3.00. The summed E-state index contributed by atoms with van der Waals surface area (Å²) >= 11 is 6.13. The lowest BCUT2D eigenvalue weighted by Crippen LogP contribution is -2.49. The summed E-state index contributed by atoms with van der Waals surface area (Å²) in [4.78, 5) is 0.383. The summed E-state index contributed by atoms with van der Waals surface area (Å²) < 4.78 is 33.9. The van der Waals surface area contributed by atoms with Crippen molar-refractivity contribution in [1.29, 1.82) is 0 Å². The van der Waals surface area contributed by atoms with Crippen molar-refractivity contribution < 1.29 is 13.2 Å². The van der Waals surface area contributed by atoms with Gasteiger partial charge in [0.15, 0.2) is 0 Å². The van der Waals surface area contributed by atoms with E-state index in [2.05, 4.69) is 0 Å². The molecule has 134 valence electrons. The standard InChI is InChI=1S/C18H26ClNO3S/c1-13-11-16(14(2)10-15(13)19)24(21,22)20-9-5-8-18(12-20)7-4-6-17(18)23-3/h10-11,17H,4-9,12H2,1-3H3/t17-,18+/m1/s1. The van der Waals surface area contributed by atoms with E-state index in [1.807, 2.05) is 13.8 Å². The van der Waals surface area contributed by atoms with Gasteiger partial charge in [-0.2, -0.15) is 4.31 Å². The second kappa shape index (κ2) is 6.60. The number of rotatable bonds is 3. The van der Waals surface area contributed by atoms with Crippen molar-refractivity contribution in [2.75, 3.05) is 20.2 Å². The van der Waals surface area contributed by atoms with E-state index >= 15 is 0 Å². The van der Waals surface area contributed by atoms with E-state index in [4.69, 9.17) is 16.3 Å². The van der Waals surface area contributed by atoms with Crippen molar-refractivity contribution in [1.82, 2.24) is 4.31 Å². The van der Waals surface area contributed by atoms with Gasteiger partial charge in [0.25, 0.3) is 0 Å². The number of piperidine rings is 1. The molecule has 24 heavy (non-hydrogen) atoms. The Balaban J connectivity index is 1.94. The van der Waals surface area contributed by atoms with Gasteiger partial charge in [0, 0.05) is 30.6 Å². The Morgan fingerprint density at radius 1 is 1.21 bits per heavy atom.